The van der Waals surface area contributed by atoms with Gasteiger partial charge < -0.3 is 5.32 Å². The summed E-state index contributed by atoms with van der Waals surface area (Å²) >= 11 is 1.86. The van der Waals surface area contributed by atoms with Crippen molar-refractivity contribution < 1.29 is 0 Å². The summed E-state index contributed by atoms with van der Waals surface area (Å²) in [7, 11) is 0. The van der Waals surface area contributed by atoms with Gasteiger partial charge >= 0.3 is 0 Å². The van der Waals surface area contributed by atoms with Gasteiger partial charge in [-0.25, -0.2) is 4.98 Å². The van der Waals surface area contributed by atoms with Gasteiger partial charge in [0, 0.05) is 36.2 Å². The topological polar surface area (TPSA) is 37.8 Å². The van der Waals surface area contributed by atoms with Gasteiger partial charge in [0.1, 0.15) is 0 Å². The molecule has 0 radical (unpaired) electrons. The molecule has 100 valence electrons. The van der Waals surface area contributed by atoms with E-state index in [2.05, 4.69) is 23.3 Å². The molecule has 2 aromatic heterocycles. The van der Waals surface area contributed by atoms with Crippen molar-refractivity contribution in [1.82, 2.24) is 15.3 Å². The Kier molecular flexibility index (Phi) is 3.89. The van der Waals surface area contributed by atoms with E-state index in [0.717, 1.165) is 25.4 Å². The molecule has 2 heterocycles. The maximum absolute atomic E-state index is 4.87. The molecule has 0 aliphatic heterocycles. The number of hydrogen-bond donors (Lipinski definition) is 1. The van der Waals surface area contributed by atoms with Gasteiger partial charge in [0.2, 0.25) is 0 Å². The number of thiazole rings is 1. The van der Waals surface area contributed by atoms with E-state index in [1.807, 2.05) is 29.8 Å². The van der Waals surface area contributed by atoms with Gasteiger partial charge in [0.25, 0.3) is 0 Å². The molecule has 3 rings (SSSR count). The van der Waals surface area contributed by atoms with E-state index in [1.54, 1.807) is 0 Å². The number of rotatable bonds is 6. The molecular formula is C15H19N3S. The van der Waals surface area contributed by atoms with Crippen LogP contribution in [-0.4, -0.2) is 16.5 Å². The van der Waals surface area contributed by atoms with Gasteiger partial charge in [0.05, 0.1) is 10.7 Å². The highest BCUT2D eigenvalue weighted by atomic mass is 32.1. The Morgan fingerprint density at radius 1 is 1.42 bits per heavy atom. The van der Waals surface area contributed by atoms with E-state index >= 15 is 0 Å². The first kappa shape index (κ1) is 12.8. The first-order chi connectivity index (χ1) is 9.36. The Morgan fingerprint density at radius 3 is 3.00 bits per heavy atom. The summed E-state index contributed by atoms with van der Waals surface area (Å²) < 4.78 is 0. The number of aromatic nitrogens is 2. The lowest BCUT2D eigenvalue weighted by Crippen LogP contribution is -2.11. The van der Waals surface area contributed by atoms with E-state index in [9.17, 15) is 0 Å². The van der Waals surface area contributed by atoms with Crippen molar-refractivity contribution in [2.45, 2.75) is 38.6 Å². The van der Waals surface area contributed by atoms with Crippen LogP contribution in [0.1, 0.15) is 46.8 Å². The van der Waals surface area contributed by atoms with Crippen LogP contribution in [0.4, 0.5) is 0 Å². The second-order valence-corrected chi connectivity index (χ2v) is 6.18. The highest BCUT2D eigenvalue weighted by Crippen LogP contribution is 2.42. The van der Waals surface area contributed by atoms with Crippen LogP contribution in [0.15, 0.2) is 24.5 Å². The quantitative estimate of drug-likeness (QED) is 0.878. The first-order valence-corrected chi connectivity index (χ1v) is 7.76. The van der Waals surface area contributed by atoms with Crippen LogP contribution in [0.25, 0.3) is 0 Å². The fourth-order valence-electron chi connectivity index (χ4n) is 2.21. The van der Waals surface area contributed by atoms with Crippen LogP contribution in [0, 0.1) is 0 Å². The number of pyridine rings is 1. The molecule has 0 saturated heterocycles. The highest BCUT2D eigenvalue weighted by Gasteiger charge is 2.29. The van der Waals surface area contributed by atoms with Gasteiger partial charge in [-0.15, -0.1) is 11.3 Å². The average Bonchev–Trinajstić information content (AvgIpc) is 3.20. The molecule has 1 fully saturated rings. The van der Waals surface area contributed by atoms with Crippen LogP contribution < -0.4 is 5.32 Å². The lowest BCUT2D eigenvalue weighted by atomic mass is 10.2. The molecule has 1 aliphatic rings. The van der Waals surface area contributed by atoms with Crippen LogP contribution >= 0.6 is 11.3 Å². The van der Waals surface area contributed by atoms with E-state index in [0.29, 0.717) is 0 Å². The third-order valence-electron chi connectivity index (χ3n) is 3.35. The van der Waals surface area contributed by atoms with Crippen molar-refractivity contribution in [3.63, 3.8) is 0 Å². The molecule has 0 unspecified atom stereocenters. The minimum atomic E-state index is 0.729. The van der Waals surface area contributed by atoms with Gasteiger partial charge in [-0.05, 0) is 31.0 Å². The molecule has 0 amide bonds. The zero-order valence-electron chi connectivity index (χ0n) is 11.2. The number of nitrogens with one attached hydrogen (secondary N) is 1. The fraction of sp³-hybridized carbons (Fsp3) is 0.467. The number of nitrogens with zero attached hydrogens (tertiary/aromatic N) is 2. The van der Waals surface area contributed by atoms with Gasteiger partial charge in [0.15, 0.2) is 0 Å². The van der Waals surface area contributed by atoms with E-state index in [4.69, 9.17) is 4.98 Å². The average molecular weight is 273 g/mol. The fourth-order valence-corrected chi connectivity index (χ4v) is 3.37. The minimum Gasteiger partial charge on any atom is -0.312 e. The van der Waals surface area contributed by atoms with E-state index < -0.39 is 0 Å². The molecule has 1 aliphatic carbocycles. The SMILES string of the molecule is CCNCc1sc(Cc2cccnc2)nc1C1CC1. The van der Waals surface area contributed by atoms with Crippen molar-refractivity contribution in [2.24, 2.45) is 0 Å². The molecule has 0 bridgehead atoms. The number of hydrogen-bond acceptors (Lipinski definition) is 4. The van der Waals surface area contributed by atoms with E-state index in [1.165, 1.54) is 34.0 Å². The molecule has 0 atom stereocenters. The zero-order chi connectivity index (χ0) is 13.1. The van der Waals surface area contributed by atoms with E-state index in [-0.39, 0.29) is 0 Å². The molecule has 4 heteroatoms. The van der Waals surface area contributed by atoms with Crippen LogP contribution in [0.5, 0.6) is 0 Å². The standard InChI is InChI=1S/C15H19N3S/c1-2-16-10-13-15(12-5-6-12)18-14(19-13)8-11-4-3-7-17-9-11/h3-4,7,9,12,16H,2,5-6,8,10H2,1H3. The molecule has 19 heavy (non-hydrogen) atoms. The lowest BCUT2D eigenvalue weighted by Gasteiger charge is -2.00. The third-order valence-corrected chi connectivity index (χ3v) is 4.42. The normalized spacial score (nSPS) is 14.8. The Balaban J connectivity index is 1.78. The second-order valence-electron chi connectivity index (χ2n) is 5.01. The predicted molar refractivity (Wildman–Crippen MR) is 78.5 cm³/mol. The minimum absolute atomic E-state index is 0.729. The summed E-state index contributed by atoms with van der Waals surface area (Å²) in [5, 5.41) is 4.65. The molecule has 0 spiro atoms. The Labute approximate surface area is 118 Å². The Morgan fingerprint density at radius 2 is 2.32 bits per heavy atom. The van der Waals surface area contributed by atoms with Crippen molar-refractivity contribution in [3.8, 4) is 0 Å². The summed E-state index contributed by atoms with van der Waals surface area (Å²) in [5.74, 6) is 0.729. The maximum Gasteiger partial charge on any atom is 0.0976 e. The summed E-state index contributed by atoms with van der Waals surface area (Å²) in [6.45, 7) is 4.13. The zero-order valence-corrected chi connectivity index (χ0v) is 12.0. The monoisotopic (exact) mass is 273 g/mol. The molecule has 3 nitrogen and oxygen atoms in total. The van der Waals surface area contributed by atoms with Gasteiger partial charge in [-0.1, -0.05) is 13.0 Å². The molecule has 2 aromatic rings. The summed E-state index contributed by atoms with van der Waals surface area (Å²) in [6.07, 6.45) is 7.29. The smallest absolute Gasteiger partial charge is 0.0976 e. The summed E-state index contributed by atoms with van der Waals surface area (Å²) in [5.41, 5.74) is 2.60. The van der Waals surface area contributed by atoms with Gasteiger partial charge in [-0.2, -0.15) is 0 Å². The maximum atomic E-state index is 4.87. The lowest BCUT2D eigenvalue weighted by molar-refractivity contribution is 0.726. The summed E-state index contributed by atoms with van der Waals surface area (Å²) in [6, 6.07) is 4.11. The largest absolute Gasteiger partial charge is 0.312 e. The van der Waals surface area contributed by atoms with Crippen molar-refractivity contribution in [3.05, 3.63) is 45.7 Å². The second kappa shape index (κ2) is 5.80. The molecule has 1 saturated carbocycles. The molecule has 0 aromatic carbocycles. The first-order valence-electron chi connectivity index (χ1n) is 6.95. The summed E-state index contributed by atoms with van der Waals surface area (Å²) in [4.78, 5) is 10.5. The van der Waals surface area contributed by atoms with Gasteiger partial charge in [-0.3, -0.25) is 4.98 Å². The van der Waals surface area contributed by atoms with Crippen LogP contribution in [0.2, 0.25) is 0 Å². The highest BCUT2D eigenvalue weighted by molar-refractivity contribution is 7.11. The predicted octanol–water partition coefficient (Wildman–Crippen LogP) is 3.12. The van der Waals surface area contributed by atoms with Crippen molar-refractivity contribution in [2.75, 3.05) is 6.54 Å². The Hall–Kier alpha value is -1.26. The van der Waals surface area contributed by atoms with Crippen LogP contribution in [0.3, 0.4) is 0 Å². The third kappa shape index (κ3) is 3.19. The molecule has 1 N–H and O–H groups in total. The Bertz CT molecular complexity index is 532. The van der Waals surface area contributed by atoms with Crippen molar-refractivity contribution in [1.29, 1.82) is 0 Å². The van der Waals surface area contributed by atoms with Crippen molar-refractivity contribution >= 4 is 11.3 Å². The molecular weight excluding hydrogens is 254 g/mol. The van der Waals surface area contributed by atoms with Crippen LogP contribution in [-0.2, 0) is 13.0 Å².